The zero-order chi connectivity index (χ0) is 12.2. The summed E-state index contributed by atoms with van der Waals surface area (Å²) in [7, 11) is 0. The molecule has 1 fully saturated rings. The van der Waals surface area contributed by atoms with Gasteiger partial charge in [0.25, 0.3) is 0 Å². The van der Waals surface area contributed by atoms with Crippen molar-refractivity contribution < 1.29 is 14.7 Å². The second-order valence-electron chi connectivity index (χ2n) is 5.15. The monoisotopic (exact) mass is 228 g/mol. The maximum absolute atomic E-state index is 11.4. The first kappa shape index (κ1) is 12.8. The summed E-state index contributed by atoms with van der Waals surface area (Å²) in [5.41, 5.74) is 0.305. The molecule has 1 unspecified atom stereocenters. The molecule has 1 aliphatic carbocycles. The second kappa shape index (κ2) is 5.18. The minimum Gasteiger partial charge on any atom is -0.481 e. The summed E-state index contributed by atoms with van der Waals surface area (Å²) in [5.74, 6) is -0.901. The van der Waals surface area contributed by atoms with Gasteiger partial charge in [-0.25, -0.2) is 4.79 Å². The summed E-state index contributed by atoms with van der Waals surface area (Å²) in [6.07, 6.45) is 3.06. The maximum atomic E-state index is 11.4. The molecule has 1 atom stereocenters. The van der Waals surface area contributed by atoms with E-state index in [-0.39, 0.29) is 25.0 Å². The lowest BCUT2D eigenvalue weighted by atomic mass is 9.92. The molecule has 0 heterocycles. The Labute approximate surface area is 95.6 Å². The van der Waals surface area contributed by atoms with Crippen LogP contribution < -0.4 is 10.6 Å². The Morgan fingerprint density at radius 2 is 2.12 bits per heavy atom. The van der Waals surface area contributed by atoms with E-state index in [0.29, 0.717) is 5.41 Å². The van der Waals surface area contributed by atoms with Crippen molar-refractivity contribution in [2.45, 2.75) is 45.6 Å². The molecular formula is C11H20N2O3. The van der Waals surface area contributed by atoms with Crippen molar-refractivity contribution in [3.8, 4) is 0 Å². The summed E-state index contributed by atoms with van der Waals surface area (Å²) >= 11 is 0. The van der Waals surface area contributed by atoms with Crippen molar-refractivity contribution >= 4 is 12.0 Å². The predicted octanol–water partition coefficient (Wildman–Crippen LogP) is 1.34. The average molecular weight is 228 g/mol. The average Bonchev–Trinajstić information content (AvgIpc) is 2.44. The zero-order valence-corrected chi connectivity index (χ0v) is 9.88. The van der Waals surface area contributed by atoms with E-state index < -0.39 is 5.97 Å². The number of aliphatic carboxylic acids is 1. The van der Waals surface area contributed by atoms with E-state index in [9.17, 15) is 9.59 Å². The van der Waals surface area contributed by atoms with Gasteiger partial charge in [0.15, 0.2) is 0 Å². The quantitative estimate of drug-likeness (QED) is 0.679. The molecule has 0 radical (unpaired) electrons. The third-order valence-electron chi connectivity index (χ3n) is 2.93. The number of carbonyl (C=O) groups is 2. The van der Waals surface area contributed by atoms with E-state index in [0.717, 1.165) is 19.3 Å². The SMILES string of the molecule is CC1(C)CCC(NC(=O)NCCC(=O)O)C1. The summed E-state index contributed by atoms with van der Waals surface area (Å²) in [4.78, 5) is 21.6. The van der Waals surface area contributed by atoms with E-state index in [4.69, 9.17) is 5.11 Å². The highest BCUT2D eigenvalue weighted by atomic mass is 16.4. The molecule has 0 aromatic rings. The van der Waals surface area contributed by atoms with Crippen LogP contribution in [0.4, 0.5) is 4.79 Å². The first-order valence-electron chi connectivity index (χ1n) is 5.65. The fourth-order valence-corrected chi connectivity index (χ4v) is 2.08. The number of nitrogens with one attached hydrogen (secondary N) is 2. The van der Waals surface area contributed by atoms with Crippen LogP contribution in [0.5, 0.6) is 0 Å². The molecule has 1 rings (SSSR count). The zero-order valence-electron chi connectivity index (χ0n) is 9.88. The van der Waals surface area contributed by atoms with Crippen molar-refractivity contribution in [3.63, 3.8) is 0 Å². The lowest BCUT2D eigenvalue weighted by Crippen LogP contribution is -2.41. The fraction of sp³-hybridized carbons (Fsp3) is 0.818. The number of hydrogen-bond acceptors (Lipinski definition) is 2. The largest absolute Gasteiger partial charge is 0.481 e. The van der Waals surface area contributed by atoms with Crippen LogP contribution in [0.15, 0.2) is 0 Å². The fourth-order valence-electron chi connectivity index (χ4n) is 2.08. The van der Waals surface area contributed by atoms with Gasteiger partial charge in [-0.05, 0) is 24.7 Å². The molecule has 0 aromatic heterocycles. The van der Waals surface area contributed by atoms with Crippen LogP contribution >= 0.6 is 0 Å². The molecular weight excluding hydrogens is 208 g/mol. The minimum absolute atomic E-state index is 0.0381. The number of carbonyl (C=O) groups excluding carboxylic acids is 1. The highest BCUT2D eigenvalue weighted by Gasteiger charge is 2.31. The number of amides is 2. The number of hydrogen-bond donors (Lipinski definition) is 3. The number of urea groups is 1. The van der Waals surface area contributed by atoms with Gasteiger partial charge in [0.05, 0.1) is 6.42 Å². The highest BCUT2D eigenvalue weighted by Crippen LogP contribution is 2.36. The molecule has 1 aliphatic rings. The Morgan fingerprint density at radius 3 is 2.62 bits per heavy atom. The molecule has 0 saturated heterocycles. The molecule has 0 bridgehead atoms. The molecule has 0 spiro atoms. The van der Waals surface area contributed by atoms with Gasteiger partial charge in [0.1, 0.15) is 0 Å². The van der Waals surface area contributed by atoms with Gasteiger partial charge in [-0.15, -0.1) is 0 Å². The van der Waals surface area contributed by atoms with E-state index in [1.54, 1.807) is 0 Å². The van der Waals surface area contributed by atoms with Crippen LogP contribution in [0.1, 0.15) is 39.5 Å². The third kappa shape index (κ3) is 4.51. The number of carboxylic acid groups (broad SMARTS) is 1. The van der Waals surface area contributed by atoms with Gasteiger partial charge >= 0.3 is 12.0 Å². The standard InChI is InChI=1S/C11H20N2O3/c1-11(2)5-3-8(7-11)13-10(16)12-6-4-9(14)15/h8H,3-7H2,1-2H3,(H,14,15)(H2,12,13,16). The normalized spacial score (nSPS) is 22.8. The van der Waals surface area contributed by atoms with Crippen molar-refractivity contribution in [3.05, 3.63) is 0 Å². The predicted molar refractivity (Wildman–Crippen MR) is 60.2 cm³/mol. The lowest BCUT2D eigenvalue weighted by Gasteiger charge is -2.17. The third-order valence-corrected chi connectivity index (χ3v) is 2.93. The number of rotatable bonds is 4. The van der Waals surface area contributed by atoms with Crippen LogP contribution in [0.25, 0.3) is 0 Å². The summed E-state index contributed by atoms with van der Waals surface area (Å²) in [5, 5.41) is 13.8. The first-order valence-corrected chi connectivity index (χ1v) is 5.65. The second-order valence-corrected chi connectivity index (χ2v) is 5.15. The van der Waals surface area contributed by atoms with Gasteiger partial charge in [0.2, 0.25) is 0 Å². The molecule has 5 nitrogen and oxygen atoms in total. The lowest BCUT2D eigenvalue weighted by molar-refractivity contribution is -0.136. The van der Waals surface area contributed by atoms with Crippen LogP contribution in [-0.2, 0) is 4.79 Å². The molecule has 0 aromatic carbocycles. The molecule has 1 saturated carbocycles. The molecule has 2 amide bonds. The van der Waals surface area contributed by atoms with E-state index in [2.05, 4.69) is 24.5 Å². The van der Waals surface area contributed by atoms with Crippen molar-refractivity contribution in [1.82, 2.24) is 10.6 Å². The van der Waals surface area contributed by atoms with Crippen LogP contribution in [0.3, 0.4) is 0 Å². The van der Waals surface area contributed by atoms with Crippen LogP contribution in [0.2, 0.25) is 0 Å². The molecule has 0 aliphatic heterocycles. The smallest absolute Gasteiger partial charge is 0.315 e. The Kier molecular flexibility index (Phi) is 4.15. The Balaban J connectivity index is 2.18. The maximum Gasteiger partial charge on any atom is 0.315 e. The minimum atomic E-state index is -0.901. The highest BCUT2D eigenvalue weighted by molar-refractivity contribution is 5.75. The van der Waals surface area contributed by atoms with E-state index >= 15 is 0 Å². The van der Waals surface area contributed by atoms with Crippen molar-refractivity contribution in [2.75, 3.05) is 6.54 Å². The topological polar surface area (TPSA) is 78.4 Å². The molecule has 3 N–H and O–H groups in total. The Morgan fingerprint density at radius 1 is 1.44 bits per heavy atom. The van der Waals surface area contributed by atoms with Gasteiger partial charge in [-0.2, -0.15) is 0 Å². The Hall–Kier alpha value is -1.26. The van der Waals surface area contributed by atoms with E-state index in [1.165, 1.54) is 0 Å². The molecule has 92 valence electrons. The van der Waals surface area contributed by atoms with Gasteiger partial charge in [-0.3, -0.25) is 4.79 Å². The molecule has 5 heteroatoms. The van der Waals surface area contributed by atoms with Crippen LogP contribution in [-0.4, -0.2) is 29.7 Å². The van der Waals surface area contributed by atoms with Gasteiger partial charge in [0, 0.05) is 12.6 Å². The van der Waals surface area contributed by atoms with E-state index in [1.807, 2.05) is 0 Å². The summed E-state index contributed by atoms with van der Waals surface area (Å²) in [6, 6.07) is -0.0382. The van der Waals surface area contributed by atoms with Crippen molar-refractivity contribution in [2.24, 2.45) is 5.41 Å². The van der Waals surface area contributed by atoms with Crippen LogP contribution in [0, 0.1) is 5.41 Å². The molecule has 16 heavy (non-hydrogen) atoms. The number of carboxylic acids is 1. The van der Waals surface area contributed by atoms with Gasteiger partial charge < -0.3 is 15.7 Å². The summed E-state index contributed by atoms with van der Waals surface area (Å²) < 4.78 is 0. The van der Waals surface area contributed by atoms with Gasteiger partial charge in [-0.1, -0.05) is 13.8 Å². The first-order chi connectivity index (χ1) is 7.39. The summed E-state index contributed by atoms with van der Waals surface area (Å²) in [6.45, 7) is 4.56. The Bertz CT molecular complexity index is 276. The van der Waals surface area contributed by atoms with Crippen molar-refractivity contribution in [1.29, 1.82) is 0 Å².